The Bertz CT molecular complexity index is 3240. The minimum absolute atomic E-state index is 0.233. The topological polar surface area (TPSA) is 8.17 Å². The Hall–Kier alpha value is -6.64. The molecule has 9 aromatic rings. The zero-order valence-electron chi connectivity index (χ0n) is 37.1. The Morgan fingerprint density at radius 1 is 0.431 bits per heavy atom. The number of rotatable bonds is 4. The van der Waals surface area contributed by atoms with E-state index in [1.165, 1.54) is 32.7 Å². The van der Waals surface area contributed by atoms with Crippen molar-refractivity contribution in [1.29, 1.82) is 0 Å². The molecule has 0 N–H and O–H groups in total. The number of hydrogen-bond donors (Lipinski definition) is 0. The molecule has 0 atom stereocenters. The first kappa shape index (κ1) is 20.1. The molecule has 0 saturated heterocycles. The zero-order valence-corrected chi connectivity index (χ0v) is 27.1. The second-order valence-electron chi connectivity index (χ2n) is 12.9. The molecule has 0 fully saturated rings. The van der Waals surface area contributed by atoms with Gasteiger partial charge in [-0.3, -0.25) is 0 Å². The Labute approximate surface area is 311 Å². The van der Waals surface area contributed by atoms with E-state index >= 15 is 0 Å². The van der Waals surface area contributed by atoms with Gasteiger partial charge in [0.1, 0.15) is 0 Å². The van der Waals surface area contributed by atoms with Gasteiger partial charge in [0.2, 0.25) is 0 Å². The number of fused-ring (bicyclic) bond motifs is 13. The van der Waals surface area contributed by atoms with Crippen molar-refractivity contribution in [3.8, 4) is 27.9 Å². The molecule has 0 saturated carbocycles. The van der Waals surface area contributed by atoms with Crippen molar-refractivity contribution in [2.24, 2.45) is 0 Å². The largest absolute Gasteiger partial charge is 0.310 e. The van der Waals surface area contributed by atoms with Crippen LogP contribution in [0.1, 0.15) is 36.0 Å². The number of aromatic nitrogens is 1. The molecule has 1 spiro atoms. The average Bonchev–Trinajstić information content (AvgIpc) is 3.90. The standard InChI is InChI=1S/C49H32N2/c1-3-16-33(17-4-1)50(34-18-5-2-6-19-34)35-30-31-39-38-22-10-14-28-45(38)51(47(39)32-35)46-29-15-27-44-48(46)40-23-9-13-26-43(40)49(44)41-24-11-7-20-36(41)37-21-8-12-25-42(37)49/h1-32H/i1D,2D,3D,4D,5D,6D,16D,17D,18D,19D. The molecule has 0 aliphatic heterocycles. The van der Waals surface area contributed by atoms with Crippen LogP contribution < -0.4 is 4.90 Å². The van der Waals surface area contributed by atoms with Crippen molar-refractivity contribution in [3.05, 3.63) is 216 Å². The van der Waals surface area contributed by atoms with Crippen LogP contribution >= 0.6 is 0 Å². The van der Waals surface area contributed by atoms with E-state index in [4.69, 9.17) is 13.7 Å². The highest BCUT2D eigenvalue weighted by Crippen LogP contribution is 2.63. The smallest absolute Gasteiger partial charge is 0.0726 e. The lowest BCUT2D eigenvalue weighted by Gasteiger charge is -2.30. The monoisotopic (exact) mass is 658 g/mol. The fourth-order valence-corrected chi connectivity index (χ4v) is 8.75. The van der Waals surface area contributed by atoms with Gasteiger partial charge in [0.05, 0.1) is 35.8 Å². The SMILES string of the molecule is [2H]c1c([2H])c([2H])c(N(c2ccc3c4ccccc4n(-c4cccc5c4-c4ccccc4C54c5ccccc5-c5ccccc54)c3c2)c2c([2H])c([2H])c([2H])c([2H])c2[2H])c([2H])c1[2H]. The van der Waals surface area contributed by atoms with Crippen LogP contribution in [0, 0.1) is 0 Å². The minimum Gasteiger partial charge on any atom is -0.310 e. The average molecular weight is 659 g/mol. The molecule has 51 heavy (non-hydrogen) atoms. The second-order valence-corrected chi connectivity index (χ2v) is 12.9. The highest BCUT2D eigenvalue weighted by Gasteiger charge is 2.52. The lowest BCUT2D eigenvalue weighted by atomic mass is 9.70. The van der Waals surface area contributed by atoms with Gasteiger partial charge in [-0.15, -0.1) is 0 Å². The van der Waals surface area contributed by atoms with Crippen molar-refractivity contribution >= 4 is 38.9 Å². The molecule has 0 unspecified atom stereocenters. The highest BCUT2D eigenvalue weighted by atomic mass is 15.1. The number of anilines is 3. The molecule has 1 heterocycles. The summed E-state index contributed by atoms with van der Waals surface area (Å²) in [6, 6.07) is 39.6. The first-order valence-corrected chi connectivity index (χ1v) is 16.9. The first-order valence-electron chi connectivity index (χ1n) is 21.9. The molecule has 2 aliphatic carbocycles. The quantitative estimate of drug-likeness (QED) is 0.183. The van der Waals surface area contributed by atoms with Crippen LogP contribution in [0.2, 0.25) is 0 Å². The summed E-state index contributed by atoms with van der Waals surface area (Å²) in [5, 5.41) is 1.80. The van der Waals surface area contributed by atoms with Gasteiger partial charge in [-0.1, -0.05) is 145 Å². The van der Waals surface area contributed by atoms with Crippen LogP contribution in [0.15, 0.2) is 194 Å². The summed E-state index contributed by atoms with van der Waals surface area (Å²) in [7, 11) is 0. The van der Waals surface area contributed by atoms with E-state index in [9.17, 15) is 0 Å². The number of hydrogen-bond acceptors (Lipinski definition) is 1. The molecule has 1 aromatic heterocycles. The van der Waals surface area contributed by atoms with Gasteiger partial charge in [0.25, 0.3) is 0 Å². The third-order valence-corrected chi connectivity index (χ3v) is 10.6. The van der Waals surface area contributed by atoms with E-state index in [2.05, 4.69) is 95.6 Å². The molecule has 238 valence electrons. The van der Waals surface area contributed by atoms with E-state index in [1.807, 2.05) is 36.4 Å². The Kier molecular flexibility index (Phi) is 4.22. The summed E-state index contributed by atoms with van der Waals surface area (Å²) in [4.78, 5) is 1.22. The third-order valence-electron chi connectivity index (χ3n) is 10.6. The van der Waals surface area contributed by atoms with Gasteiger partial charge in [-0.2, -0.15) is 0 Å². The summed E-state index contributed by atoms with van der Waals surface area (Å²) in [6.07, 6.45) is 0. The van der Waals surface area contributed by atoms with Crippen LogP contribution in [0.3, 0.4) is 0 Å². The van der Waals surface area contributed by atoms with Crippen LogP contribution in [0.4, 0.5) is 17.1 Å². The zero-order chi connectivity index (χ0) is 42.2. The maximum Gasteiger partial charge on any atom is 0.0726 e. The Balaban J connectivity index is 1.25. The van der Waals surface area contributed by atoms with Crippen molar-refractivity contribution in [2.75, 3.05) is 4.90 Å². The summed E-state index contributed by atoms with van der Waals surface area (Å²) < 4.78 is 89.4. The van der Waals surface area contributed by atoms with Crippen molar-refractivity contribution in [1.82, 2.24) is 4.57 Å². The van der Waals surface area contributed by atoms with Crippen molar-refractivity contribution < 1.29 is 13.7 Å². The Morgan fingerprint density at radius 2 is 0.961 bits per heavy atom. The van der Waals surface area contributed by atoms with Crippen LogP contribution in [0.5, 0.6) is 0 Å². The number of nitrogens with zero attached hydrogens (tertiary/aromatic N) is 2. The van der Waals surface area contributed by atoms with Crippen LogP contribution in [0.25, 0.3) is 49.7 Å². The minimum atomic E-state index is -0.619. The molecule has 2 nitrogen and oxygen atoms in total. The molecule has 0 bridgehead atoms. The van der Waals surface area contributed by atoms with Crippen molar-refractivity contribution in [2.45, 2.75) is 5.41 Å². The van der Waals surface area contributed by atoms with Crippen molar-refractivity contribution in [3.63, 3.8) is 0 Å². The van der Waals surface area contributed by atoms with E-state index in [0.29, 0.717) is 5.52 Å². The highest BCUT2D eigenvalue weighted by molar-refractivity contribution is 6.11. The molecular formula is C49H32N2. The molecule has 8 aromatic carbocycles. The predicted octanol–water partition coefficient (Wildman–Crippen LogP) is 12.6. The van der Waals surface area contributed by atoms with Gasteiger partial charge >= 0.3 is 0 Å². The van der Waals surface area contributed by atoms with Gasteiger partial charge in [-0.25, -0.2) is 0 Å². The maximum atomic E-state index is 9.05. The maximum absolute atomic E-state index is 9.05. The summed E-state index contributed by atoms with van der Waals surface area (Å²) in [5.74, 6) is 0. The summed E-state index contributed by atoms with van der Waals surface area (Å²) in [5.41, 5.74) is 10.6. The van der Waals surface area contributed by atoms with Gasteiger partial charge in [0.15, 0.2) is 0 Å². The molecule has 11 rings (SSSR count). The van der Waals surface area contributed by atoms with E-state index in [1.54, 1.807) is 6.07 Å². The van der Waals surface area contributed by atoms with Gasteiger partial charge < -0.3 is 9.47 Å². The van der Waals surface area contributed by atoms with Gasteiger partial charge in [-0.05, 0) is 87.4 Å². The predicted molar refractivity (Wildman–Crippen MR) is 212 cm³/mol. The fraction of sp³-hybridized carbons (Fsp3) is 0.0204. The van der Waals surface area contributed by atoms with Gasteiger partial charge in [0, 0.05) is 33.4 Å². The Morgan fingerprint density at radius 3 is 1.63 bits per heavy atom. The molecule has 2 aliphatic rings. The second kappa shape index (κ2) is 10.7. The summed E-state index contributed by atoms with van der Waals surface area (Å²) >= 11 is 0. The van der Waals surface area contributed by atoms with E-state index in [0.717, 1.165) is 38.7 Å². The third kappa shape index (κ3) is 3.76. The molecule has 0 radical (unpaired) electrons. The van der Waals surface area contributed by atoms with E-state index < -0.39 is 65.8 Å². The summed E-state index contributed by atoms with van der Waals surface area (Å²) in [6.45, 7) is 0. The van der Waals surface area contributed by atoms with Crippen LogP contribution in [-0.2, 0) is 5.41 Å². The molecule has 0 amide bonds. The lowest BCUT2D eigenvalue weighted by Crippen LogP contribution is -2.25. The molecular weight excluding hydrogens is 617 g/mol. The normalized spacial score (nSPS) is 16.0. The number of benzene rings is 8. The number of para-hydroxylation sites is 3. The molecule has 2 heteroatoms. The fourth-order valence-electron chi connectivity index (χ4n) is 8.75. The first-order chi connectivity index (χ1) is 29.5. The lowest BCUT2D eigenvalue weighted by molar-refractivity contribution is 0.793. The van der Waals surface area contributed by atoms with E-state index in [-0.39, 0.29) is 17.1 Å². The van der Waals surface area contributed by atoms with Crippen LogP contribution in [-0.4, -0.2) is 4.57 Å².